The van der Waals surface area contributed by atoms with Crippen LogP contribution in [0.2, 0.25) is 0 Å². The zero-order valence-electron chi connectivity index (χ0n) is 38.2. The fourth-order valence-electron chi connectivity index (χ4n) is 9.09. The molecule has 4 aliphatic heterocycles. The summed E-state index contributed by atoms with van der Waals surface area (Å²) in [7, 11) is 6.72. The molecule has 4 saturated heterocycles. The normalized spacial score (nSPS) is 17.5. The zero-order chi connectivity index (χ0) is 45.8. The zero-order valence-corrected chi connectivity index (χ0v) is 39.9. The molecule has 0 N–H and O–H groups in total. The third-order valence-electron chi connectivity index (χ3n) is 13.2. The topological polar surface area (TPSA) is 113 Å². The molecule has 0 unspecified atom stereocenters. The van der Waals surface area contributed by atoms with Crippen LogP contribution in [0.5, 0.6) is 0 Å². The minimum atomic E-state index is -0.405. The van der Waals surface area contributed by atoms with Gasteiger partial charge in [-0.2, -0.15) is 0 Å². The van der Waals surface area contributed by atoms with Gasteiger partial charge in [0.05, 0.1) is 25.3 Å². The Morgan fingerprint density at radius 2 is 0.636 bits per heavy atom. The van der Waals surface area contributed by atoms with Crippen molar-refractivity contribution in [1.29, 1.82) is 0 Å². The molecular weight excluding hydrogens is 873 g/mol. The number of nitrogens with zero attached hydrogens (tertiary/aromatic N) is 8. The number of esters is 2. The molecule has 4 fully saturated rings. The van der Waals surface area contributed by atoms with Crippen LogP contribution in [0.3, 0.4) is 0 Å². The van der Waals surface area contributed by atoms with Crippen LogP contribution in [0, 0.1) is 0 Å². The lowest BCUT2D eigenvalue weighted by Gasteiger charge is -2.37. The summed E-state index contributed by atoms with van der Waals surface area (Å²) in [4.78, 5) is 68.3. The van der Waals surface area contributed by atoms with Crippen molar-refractivity contribution >= 4 is 68.1 Å². The van der Waals surface area contributed by atoms with Crippen molar-refractivity contribution in [1.82, 2.24) is 19.6 Å². The summed E-state index contributed by atoms with van der Waals surface area (Å²) in [5.74, 6) is 1.46. The van der Waals surface area contributed by atoms with Crippen molar-refractivity contribution in [3.63, 3.8) is 0 Å². The fourth-order valence-corrected chi connectivity index (χ4v) is 11.1. The van der Waals surface area contributed by atoms with Crippen LogP contribution in [0.1, 0.15) is 41.4 Å². The molecule has 4 aliphatic rings. The molecule has 0 radical (unpaired) electrons. The highest BCUT2D eigenvalue weighted by molar-refractivity contribution is 8.76. The van der Waals surface area contributed by atoms with E-state index in [1.54, 1.807) is 48.5 Å². The van der Waals surface area contributed by atoms with Gasteiger partial charge in [0, 0.05) is 163 Å². The van der Waals surface area contributed by atoms with Gasteiger partial charge in [0.2, 0.25) is 0 Å². The molecule has 4 aromatic carbocycles. The number of methoxy groups -OCH3 is 2. The van der Waals surface area contributed by atoms with Crippen molar-refractivity contribution in [3.8, 4) is 0 Å². The summed E-state index contributed by atoms with van der Waals surface area (Å²) >= 11 is 0. The maximum absolute atomic E-state index is 13.1. The Morgan fingerprint density at radius 1 is 0.379 bits per heavy atom. The highest BCUT2D eigenvalue weighted by Crippen LogP contribution is 2.27. The van der Waals surface area contributed by atoms with Gasteiger partial charge in [-0.3, -0.25) is 19.4 Å². The number of carbonyl (C=O) groups excluding carboxylic acids is 4. The first-order valence-electron chi connectivity index (χ1n) is 23.1. The lowest BCUT2D eigenvalue weighted by Crippen LogP contribution is -2.49. The van der Waals surface area contributed by atoms with Crippen LogP contribution in [0.15, 0.2) is 97.1 Å². The monoisotopic (exact) mass is 934 g/mol. The van der Waals surface area contributed by atoms with Crippen molar-refractivity contribution in [3.05, 3.63) is 119 Å². The van der Waals surface area contributed by atoms with Gasteiger partial charge in [-0.1, -0.05) is 21.6 Å². The van der Waals surface area contributed by atoms with Crippen molar-refractivity contribution in [2.24, 2.45) is 0 Å². The Morgan fingerprint density at radius 3 is 0.909 bits per heavy atom. The minimum Gasteiger partial charge on any atom is -0.465 e. The summed E-state index contributed by atoms with van der Waals surface area (Å²) in [6, 6.07) is 31.2. The van der Waals surface area contributed by atoms with E-state index in [0.717, 1.165) is 103 Å². The van der Waals surface area contributed by atoms with Crippen LogP contribution < -0.4 is 19.6 Å². The van der Waals surface area contributed by atoms with Gasteiger partial charge in [0.15, 0.2) is 0 Å². The van der Waals surface area contributed by atoms with Crippen LogP contribution in [-0.4, -0.2) is 187 Å². The summed E-state index contributed by atoms with van der Waals surface area (Å²) in [6.45, 7) is 16.5. The molecular formula is C50H62N8O6S2. The van der Waals surface area contributed by atoms with Crippen molar-refractivity contribution in [2.45, 2.75) is 0 Å². The predicted octanol–water partition coefficient (Wildman–Crippen LogP) is 5.51. The average molecular weight is 935 g/mol. The first-order chi connectivity index (χ1) is 32.3. The van der Waals surface area contributed by atoms with E-state index in [9.17, 15) is 19.2 Å². The second-order valence-corrected chi connectivity index (χ2v) is 19.7. The van der Waals surface area contributed by atoms with Gasteiger partial charge >= 0.3 is 11.9 Å². The molecule has 0 bridgehead atoms. The Labute approximate surface area is 397 Å². The standard InChI is InChI=1S/C50H62N8O6S2/c1-63-49(61)41-7-3-39(4-8-41)47(59)57-31-27-55(28-32-57)45-15-11-43(12-16-45)53-23-19-51(20-24-53)35-37-65-66-38-36-52-21-25-54(26-22-52)44-13-17-46(18-14-44)56-29-33-58(34-30-56)48(60)40-5-9-42(10-6-40)50(62)64-2/h3-18H,19-38H2,1-2H3. The first kappa shape index (κ1) is 47.1. The number of benzene rings is 4. The van der Waals surface area contributed by atoms with E-state index >= 15 is 0 Å². The lowest BCUT2D eigenvalue weighted by atomic mass is 10.1. The number of hydrogen-bond donors (Lipinski definition) is 0. The van der Waals surface area contributed by atoms with E-state index in [-0.39, 0.29) is 11.8 Å². The third-order valence-corrected chi connectivity index (χ3v) is 15.6. The molecule has 66 heavy (non-hydrogen) atoms. The Bertz CT molecular complexity index is 2060. The van der Waals surface area contributed by atoms with E-state index in [2.05, 4.69) is 77.9 Å². The summed E-state index contributed by atoms with van der Waals surface area (Å²) in [5, 5.41) is 0. The molecule has 0 saturated carbocycles. The highest BCUT2D eigenvalue weighted by Gasteiger charge is 2.26. The summed E-state index contributed by atoms with van der Waals surface area (Å²) in [6.07, 6.45) is 0. The number of ether oxygens (including phenoxy) is 2. The molecule has 2 amide bonds. The predicted molar refractivity (Wildman–Crippen MR) is 267 cm³/mol. The maximum atomic E-state index is 13.1. The van der Waals surface area contributed by atoms with Crippen LogP contribution in [-0.2, 0) is 9.47 Å². The molecule has 4 aromatic rings. The van der Waals surface area contributed by atoms with Crippen LogP contribution >= 0.6 is 21.6 Å². The fraction of sp³-hybridized carbons (Fsp3) is 0.440. The second kappa shape index (κ2) is 22.9. The van der Waals surface area contributed by atoms with Gasteiger partial charge in [-0.25, -0.2) is 9.59 Å². The molecule has 0 aliphatic carbocycles. The smallest absolute Gasteiger partial charge is 0.337 e. The quantitative estimate of drug-likeness (QED) is 0.0849. The number of hydrogen-bond acceptors (Lipinski definition) is 14. The number of piperazine rings is 4. The van der Waals surface area contributed by atoms with Gasteiger partial charge in [-0.15, -0.1) is 0 Å². The summed E-state index contributed by atoms with van der Waals surface area (Å²) in [5.41, 5.74) is 6.97. The third kappa shape index (κ3) is 11.9. The molecule has 0 aromatic heterocycles. The number of amides is 2. The molecule has 0 atom stereocenters. The molecule has 4 heterocycles. The molecule has 8 rings (SSSR count). The molecule has 14 nitrogen and oxygen atoms in total. The Hall–Kier alpha value is -5.42. The van der Waals surface area contributed by atoms with Gasteiger partial charge in [-0.05, 0) is 97.1 Å². The maximum Gasteiger partial charge on any atom is 0.337 e. The minimum absolute atomic E-state index is 0.00887. The van der Waals surface area contributed by atoms with E-state index < -0.39 is 11.9 Å². The number of carbonyl (C=O) groups is 4. The second-order valence-electron chi connectivity index (χ2n) is 17.0. The van der Waals surface area contributed by atoms with Gasteiger partial charge in [0.25, 0.3) is 11.8 Å². The van der Waals surface area contributed by atoms with E-state index in [0.29, 0.717) is 48.4 Å². The molecule has 16 heteroatoms. The lowest BCUT2D eigenvalue weighted by molar-refractivity contribution is 0.0591. The van der Waals surface area contributed by atoms with Crippen molar-refractivity contribution in [2.75, 3.05) is 163 Å². The first-order valence-corrected chi connectivity index (χ1v) is 25.6. The SMILES string of the molecule is COC(=O)c1ccc(C(=O)N2CCN(c3ccc(N4CCN(CCSSCCN5CCN(c6ccc(N7CCN(C(=O)c8ccc(C(=O)OC)cc8)CC7)cc6)CC5)CC4)cc3)CC2)cc1. The van der Waals surface area contributed by atoms with Gasteiger partial charge in [0.1, 0.15) is 0 Å². The summed E-state index contributed by atoms with van der Waals surface area (Å²) < 4.78 is 9.53. The van der Waals surface area contributed by atoms with Crippen molar-refractivity contribution < 1.29 is 28.7 Å². The average Bonchev–Trinajstić information content (AvgIpc) is 3.39. The Kier molecular flexibility index (Phi) is 16.3. The van der Waals surface area contributed by atoms with E-state index in [1.807, 2.05) is 31.4 Å². The number of anilines is 4. The molecule has 0 spiro atoms. The largest absolute Gasteiger partial charge is 0.465 e. The number of rotatable bonds is 15. The van der Waals surface area contributed by atoms with Gasteiger partial charge < -0.3 is 38.9 Å². The van der Waals surface area contributed by atoms with E-state index in [4.69, 9.17) is 9.47 Å². The van der Waals surface area contributed by atoms with E-state index in [1.165, 1.54) is 37.0 Å². The molecule has 350 valence electrons. The Balaban J connectivity index is 0.657. The van der Waals surface area contributed by atoms with Crippen LogP contribution in [0.25, 0.3) is 0 Å². The van der Waals surface area contributed by atoms with Crippen LogP contribution in [0.4, 0.5) is 22.7 Å². The highest BCUT2D eigenvalue weighted by atomic mass is 33.1.